The predicted molar refractivity (Wildman–Crippen MR) is 124 cm³/mol. The summed E-state index contributed by atoms with van der Waals surface area (Å²) in [7, 11) is 0. The third-order valence-corrected chi connectivity index (χ3v) is 5.58. The Morgan fingerprint density at radius 2 is 1.85 bits per heavy atom. The summed E-state index contributed by atoms with van der Waals surface area (Å²) in [4.78, 5) is 31.5. The highest BCUT2D eigenvalue weighted by molar-refractivity contribution is 6.40. The van der Waals surface area contributed by atoms with Crippen molar-refractivity contribution in [3.8, 4) is 0 Å². The molecule has 0 bridgehead atoms. The Morgan fingerprint density at radius 1 is 1.09 bits per heavy atom. The van der Waals surface area contributed by atoms with Gasteiger partial charge in [0.2, 0.25) is 5.91 Å². The largest absolute Gasteiger partial charge is 0.368 e. The van der Waals surface area contributed by atoms with E-state index in [1.165, 1.54) is 29.3 Å². The van der Waals surface area contributed by atoms with Crippen molar-refractivity contribution in [2.24, 2.45) is 10.8 Å². The van der Waals surface area contributed by atoms with Gasteiger partial charge in [0.1, 0.15) is 17.6 Å². The number of rotatable bonds is 7. The molecular formula is C25H24FN5O2. The predicted octanol–water partition coefficient (Wildman–Crippen LogP) is 3.18. The zero-order chi connectivity index (χ0) is 23.4. The Hall–Kier alpha value is -4.07. The lowest BCUT2D eigenvalue weighted by Gasteiger charge is -2.23. The average Bonchev–Trinajstić information content (AvgIpc) is 3.27. The standard InChI is InChI=1S/C25H24FN5O2/c1-17-5-2-3-7-19(17)16-30(15-18-6-4-12-28-14-18)25(33)22-13-23(24(27)32)31(29-22)21-10-8-20(26)9-11-21/h2-12,14,23H,13,15-16H2,1H3,(H2,27,32). The Balaban J connectivity index is 1.65. The number of nitrogens with zero attached hydrogens (tertiary/aromatic N) is 4. The molecule has 2 amide bonds. The van der Waals surface area contributed by atoms with Gasteiger partial charge in [-0.25, -0.2) is 4.39 Å². The van der Waals surface area contributed by atoms with Crippen LogP contribution in [0.2, 0.25) is 0 Å². The normalized spacial score (nSPS) is 15.3. The second-order valence-corrected chi connectivity index (χ2v) is 7.94. The summed E-state index contributed by atoms with van der Waals surface area (Å²) < 4.78 is 13.4. The van der Waals surface area contributed by atoms with Gasteiger partial charge in [0, 0.05) is 31.9 Å². The first-order valence-corrected chi connectivity index (χ1v) is 10.6. The molecule has 0 radical (unpaired) electrons. The molecule has 0 saturated heterocycles. The summed E-state index contributed by atoms with van der Waals surface area (Å²) in [5, 5.41) is 5.83. The summed E-state index contributed by atoms with van der Waals surface area (Å²) in [6.07, 6.45) is 3.46. The van der Waals surface area contributed by atoms with Crippen molar-refractivity contribution in [2.45, 2.75) is 32.5 Å². The topological polar surface area (TPSA) is 91.9 Å². The van der Waals surface area contributed by atoms with Crippen molar-refractivity contribution in [1.29, 1.82) is 0 Å². The molecule has 2 heterocycles. The number of carbonyl (C=O) groups excluding carboxylic acids is 2. The summed E-state index contributed by atoms with van der Waals surface area (Å²) in [6.45, 7) is 2.70. The fraction of sp³-hybridized carbons (Fsp3) is 0.200. The Labute approximate surface area is 191 Å². The second-order valence-electron chi connectivity index (χ2n) is 7.94. The van der Waals surface area contributed by atoms with Crippen molar-refractivity contribution >= 4 is 23.2 Å². The first-order chi connectivity index (χ1) is 15.9. The van der Waals surface area contributed by atoms with Gasteiger partial charge < -0.3 is 10.6 Å². The molecule has 2 aromatic carbocycles. The lowest BCUT2D eigenvalue weighted by Crippen LogP contribution is -2.40. The molecule has 8 heteroatoms. The quantitative estimate of drug-likeness (QED) is 0.605. The molecule has 0 fully saturated rings. The molecule has 0 saturated carbocycles. The fourth-order valence-electron chi connectivity index (χ4n) is 3.78. The van der Waals surface area contributed by atoms with Crippen LogP contribution in [0.3, 0.4) is 0 Å². The highest BCUT2D eigenvalue weighted by atomic mass is 19.1. The number of primary amides is 1. The molecule has 1 aromatic heterocycles. The zero-order valence-electron chi connectivity index (χ0n) is 18.2. The number of hydrazone groups is 1. The molecule has 1 atom stereocenters. The van der Waals surface area contributed by atoms with Gasteiger partial charge in [-0.2, -0.15) is 5.10 Å². The minimum Gasteiger partial charge on any atom is -0.368 e. The number of anilines is 1. The second kappa shape index (κ2) is 9.60. The van der Waals surface area contributed by atoms with Crippen LogP contribution < -0.4 is 10.7 Å². The van der Waals surface area contributed by atoms with E-state index >= 15 is 0 Å². The number of halogens is 1. The smallest absolute Gasteiger partial charge is 0.270 e. The fourth-order valence-corrected chi connectivity index (χ4v) is 3.78. The number of aryl methyl sites for hydroxylation is 1. The third kappa shape index (κ3) is 5.06. The van der Waals surface area contributed by atoms with Gasteiger partial charge in [-0.1, -0.05) is 30.3 Å². The molecule has 1 aliphatic rings. The zero-order valence-corrected chi connectivity index (χ0v) is 18.2. The molecule has 2 N–H and O–H groups in total. The molecule has 7 nitrogen and oxygen atoms in total. The Kier molecular flexibility index (Phi) is 6.44. The van der Waals surface area contributed by atoms with Crippen LogP contribution in [-0.2, 0) is 22.7 Å². The minimum atomic E-state index is -0.826. The van der Waals surface area contributed by atoms with E-state index in [9.17, 15) is 14.0 Å². The summed E-state index contributed by atoms with van der Waals surface area (Å²) >= 11 is 0. The molecule has 1 unspecified atom stereocenters. The maximum atomic E-state index is 13.6. The summed E-state index contributed by atoms with van der Waals surface area (Å²) in [5.74, 6) is -1.31. The van der Waals surface area contributed by atoms with Crippen LogP contribution in [0, 0.1) is 12.7 Å². The number of nitrogens with two attached hydrogens (primary N) is 1. The molecule has 0 aliphatic carbocycles. The van der Waals surface area contributed by atoms with E-state index in [1.807, 2.05) is 43.3 Å². The Morgan fingerprint density at radius 3 is 2.52 bits per heavy atom. The van der Waals surface area contributed by atoms with E-state index in [1.54, 1.807) is 17.3 Å². The van der Waals surface area contributed by atoms with E-state index in [-0.39, 0.29) is 18.0 Å². The van der Waals surface area contributed by atoms with Crippen LogP contribution in [0.25, 0.3) is 0 Å². The molecule has 0 spiro atoms. The van der Waals surface area contributed by atoms with Crippen molar-refractivity contribution in [2.75, 3.05) is 5.01 Å². The Bertz CT molecular complexity index is 1180. The monoisotopic (exact) mass is 445 g/mol. The van der Waals surface area contributed by atoms with Gasteiger partial charge in [-0.15, -0.1) is 0 Å². The van der Waals surface area contributed by atoms with Crippen molar-refractivity contribution in [3.05, 3.63) is 95.6 Å². The molecule has 3 aromatic rings. The number of pyridine rings is 1. The number of aromatic nitrogens is 1. The average molecular weight is 445 g/mol. The van der Waals surface area contributed by atoms with E-state index in [0.29, 0.717) is 18.8 Å². The van der Waals surface area contributed by atoms with Gasteiger partial charge in [0.05, 0.1) is 5.69 Å². The molecule has 4 rings (SSSR count). The number of amides is 2. The van der Waals surface area contributed by atoms with Gasteiger partial charge in [-0.3, -0.25) is 19.6 Å². The lowest BCUT2D eigenvalue weighted by atomic mass is 10.1. The molecular weight excluding hydrogens is 421 g/mol. The van der Waals surface area contributed by atoms with Gasteiger partial charge in [0.15, 0.2) is 0 Å². The number of benzene rings is 2. The van der Waals surface area contributed by atoms with E-state index in [2.05, 4.69) is 10.1 Å². The van der Waals surface area contributed by atoms with Crippen molar-refractivity contribution in [1.82, 2.24) is 9.88 Å². The van der Waals surface area contributed by atoms with E-state index in [0.717, 1.165) is 16.7 Å². The lowest BCUT2D eigenvalue weighted by molar-refractivity contribution is -0.125. The first kappa shape index (κ1) is 22.1. The number of hydrogen-bond acceptors (Lipinski definition) is 5. The van der Waals surface area contributed by atoms with Gasteiger partial charge in [-0.05, 0) is 53.9 Å². The van der Waals surface area contributed by atoms with Gasteiger partial charge in [0.25, 0.3) is 5.91 Å². The SMILES string of the molecule is Cc1ccccc1CN(Cc1cccnc1)C(=O)C1=NN(c2ccc(F)cc2)C(C(N)=O)C1. The summed E-state index contributed by atoms with van der Waals surface area (Å²) in [5.41, 5.74) is 9.26. The maximum absolute atomic E-state index is 13.6. The van der Waals surface area contributed by atoms with Crippen LogP contribution in [0.5, 0.6) is 0 Å². The van der Waals surface area contributed by atoms with Crippen LogP contribution in [0.4, 0.5) is 10.1 Å². The van der Waals surface area contributed by atoms with Gasteiger partial charge >= 0.3 is 0 Å². The van der Waals surface area contributed by atoms with Crippen molar-refractivity contribution in [3.63, 3.8) is 0 Å². The van der Waals surface area contributed by atoms with Crippen LogP contribution in [0.1, 0.15) is 23.1 Å². The highest BCUT2D eigenvalue weighted by Crippen LogP contribution is 2.26. The van der Waals surface area contributed by atoms with E-state index < -0.39 is 17.8 Å². The van der Waals surface area contributed by atoms with Crippen LogP contribution in [0.15, 0.2) is 78.2 Å². The number of carbonyl (C=O) groups is 2. The first-order valence-electron chi connectivity index (χ1n) is 10.6. The molecule has 1 aliphatic heterocycles. The molecule has 168 valence electrons. The third-order valence-electron chi connectivity index (χ3n) is 5.58. The highest BCUT2D eigenvalue weighted by Gasteiger charge is 2.36. The maximum Gasteiger partial charge on any atom is 0.270 e. The van der Waals surface area contributed by atoms with Crippen molar-refractivity contribution < 1.29 is 14.0 Å². The minimum absolute atomic E-state index is 0.0723. The van der Waals surface area contributed by atoms with E-state index in [4.69, 9.17) is 5.73 Å². The van der Waals surface area contributed by atoms with Crippen LogP contribution >= 0.6 is 0 Å². The number of hydrogen-bond donors (Lipinski definition) is 1. The van der Waals surface area contributed by atoms with Crippen LogP contribution in [-0.4, -0.2) is 33.5 Å². The summed E-state index contributed by atoms with van der Waals surface area (Å²) in [6, 6.07) is 16.3. The molecule has 33 heavy (non-hydrogen) atoms.